The van der Waals surface area contributed by atoms with Crippen LogP contribution in [0.5, 0.6) is 0 Å². The van der Waals surface area contributed by atoms with Crippen molar-refractivity contribution in [1.29, 1.82) is 0 Å². The van der Waals surface area contributed by atoms with E-state index in [9.17, 15) is 13.2 Å². The van der Waals surface area contributed by atoms with E-state index in [1.54, 1.807) is 18.2 Å². The van der Waals surface area contributed by atoms with Gasteiger partial charge in [0.15, 0.2) is 0 Å². The second kappa shape index (κ2) is 10.4. The van der Waals surface area contributed by atoms with Crippen LogP contribution in [-0.4, -0.2) is 62.8 Å². The van der Waals surface area contributed by atoms with Crippen molar-refractivity contribution in [2.24, 2.45) is 5.92 Å². The monoisotopic (exact) mass is 529 g/mol. The minimum absolute atomic E-state index is 0.0245. The molecule has 0 bridgehead atoms. The van der Waals surface area contributed by atoms with Gasteiger partial charge in [0.25, 0.3) is 0 Å². The van der Waals surface area contributed by atoms with Gasteiger partial charge in [-0.25, -0.2) is 12.7 Å². The number of carbonyl (C=O) groups excluding carboxylic acids is 1. The lowest BCUT2D eigenvalue weighted by Crippen LogP contribution is -2.53. The number of nitrogens with zero attached hydrogens (tertiary/aromatic N) is 3. The Kier molecular flexibility index (Phi) is 7.76. The number of piperazine rings is 1. The number of benzene rings is 2. The standard InChI is InChI=1S/C23H26Cl3N3O3S/c24-18-5-1-6-19(14-18)27-10-12-28(13-11-27)23(30)17-4-3-9-29(15-17)33(31,32)16-20-21(25)7-2-8-22(20)26/h1-2,5-8,14,17H,3-4,9-13,15-16H2/t17-/m1/s1. The molecular formula is C23H26Cl3N3O3S. The van der Waals surface area contributed by atoms with Crippen LogP contribution in [0.1, 0.15) is 18.4 Å². The number of hydrogen-bond acceptors (Lipinski definition) is 4. The molecule has 0 saturated carbocycles. The number of amides is 1. The molecule has 2 aliphatic heterocycles. The van der Waals surface area contributed by atoms with E-state index >= 15 is 0 Å². The van der Waals surface area contributed by atoms with Crippen LogP contribution in [-0.2, 0) is 20.6 Å². The molecule has 0 aromatic heterocycles. The Morgan fingerprint density at radius 2 is 1.61 bits per heavy atom. The molecule has 0 spiro atoms. The first-order chi connectivity index (χ1) is 15.7. The molecule has 4 rings (SSSR count). The maximum atomic E-state index is 13.2. The molecule has 2 aliphatic rings. The second-order valence-electron chi connectivity index (χ2n) is 8.45. The van der Waals surface area contributed by atoms with Gasteiger partial charge in [-0.15, -0.1) is 0 Å². The quantitative estimate of drug-likeness (QED) is 0.570. The van der Waals surface area contributed by atoms with E-state index < -0.39 is 10.0 Å². The van der Waals surface area contributed by atoms with Gasteiger partial charge in [-0.1, -0.05) is 46.9 Å². The van der Waals surface area contributed by atoms with Crippen LogP contribution in [0.2, 0.25) is 15.1 Å². The molecule has 1 amide bonds. The van der Waals surface area contributed by atoms with Crippen LogP contribution in [0, 0.1) is 5.92 Å². The Morgan fingerprint density at radius 1 is 0.939 bits per heavy atom. The summed E-state index contributed by atoms with van der Waals surface area (Å²) in [4.78, 5) is 17.3. The topological polar surface area (TPSA) is 60.9 Å². The van der Waals surface area contributed by atoms with E-state index in [0.29, 0.717) is 66.2 Å². The van der Waals surface area contributed by atoms with E-state index in [1.807, 2.05) is 29.2 Å². The van der Waals surface area contributed by atoms with Crippen LogP contribution < -0.4 is 4.90 Å². The summed E-state index contributed by atoms with van der Waals surface area (Å²) in [5.74, 6) is -0.588. The van der Waals surface area contributed by atoms with Crippen molar-refractivity contribution in [1.82, 2.24) is 9.21 Å². The van der Waals surface area contributed by atoms with Crippen molar-refractivity contribution < 1.29 is 13.2 Å². The predicted molar refractivity (Wildman–Crippen MR) is 134 cm³/mol. The van der Waals surface area contributed by atoms with Crippen molar-refractivity contribution in [3.63, 3.8) is 0 Å². The Hall–Kier alpha value is -1.51. The van der Waals surface area contributed by atoms with Crippen molar-refractivity contribution in [3.05, 3.63) is 63.1 Å². The van der Waals surface area contributed by atoms with Crippen LogP contribution in [0.15, 0.2) is 42.5 Å². The van der Waals surface area contributed by atoms with Gasteiger partial charge in [-0.05, 0) is 43.2 Å². The summed E-state index contributed by atoms with van der Waals surface area (Å²) in [6, 6.07) is 12.6. The number of piperidine rings is 1. The van der Waals surface area contributed by atoms with Gasteiger partial charge in [0.05, 0.1) is 11.7 Å². The average molecular weight is 531 g/mol. The van der Waals surface area contributed by atoms with E-state index in [-0.39, 0.29) is 24.1 Å². The minimum Gasteiger partial charge on any atom is -0.368 e. The number of rotatable bonds is 5. The van der Waals surface area contributed by atoms with Gasteiger partial charge >= 0.3 is 0 Å². The fraction of sp³-hybridized carbons (Fsp3) is 0.435. The van der Waals surface area contributed by atoms with E-state index in [1.165, 1.54) is 4.31 Å². The normalized spacial score (nSPS) is 20.2. The van der Waals surface area contributed by atoms with Crippen LogP contribution in [0.4, 0.5) is 5.69 Å². The number of carbonyl (C=O) groups is 1. The molecule has 2 saturated heterocycles. The summed E-state index contributed by atoms with van der Waals surface area (Å²) >= 11 is 18.5. The molecule has 0 N–H and O–H groups in total. The van der Waals surface area contributed by atoms with Gasteiger partial charge in [0, 0.05) is 65.6 Å². The second-order valence-corrected chi connectivity index (χ2v) is 11.7. The van der Waals surface area contributed by atoms with Gasteiger partial charge in [-0.3, -0.25) is 4.79 Å². The summed E-state index contributed by atoms with van der Waals surface area (Å²) in [5, 5.41) is 1.34. The molecule has 10 heteroatoms. The lowest BCUT2D eigenvalue weighted by atomic mass is 9.97. The van der Waals surface area contributed by atoms with Crippen LogP contribution >= 0.6 is 34.8 Å². The van der Waals surface area contributed by atoms with Crippen LogP contribution in [0.3, 0.4) is 0 Å². The van der Waals surface area contributed by atoms with Gasteiger partial charge in [0.2, 0.25) is 15.9 Å². The van der Waals surface area contributed by atoms with Crippen molar-refractivity contribution in [2.75, 3.05) is 44.2 Å². The molecule has 1 atom stereocenters. The zero-order valence-electron chi connectivity index (χ0n) is 18.1. The Balaban J connectivity index is 1.38. The molecule has 6 nitrogen and oxygen atoms in total. The summed E-state index contributed by atoms with van der Waals surface area (Å²) in [6.45, 7) is 3.22. The molecule has 2 heterocycles. The average Bonchev–Trinajstić information content (AvgIpc) is 2.81. The smallest absolute Gasteiger partial charge is 0.227 e. The maximum Gasteiger partial charge on any atom is 0.227 e. The minimum atomic E-state index is -3.65. The summed E-state index contributed by atoms with van der Waals surface area (Å²) in [6.07, 6.45) is 1.33. The highest BCUT2D eigenvalue weighted by atomic mass is 35.5. The van der Waals surface area contributed by atoms with E-state index in [0.717, 1.165) is 5.69 Å². The lowest BCUT2D eigenvalue weighted by molar-refractivity contribution is -0.137. The maximum absolute atomic E-state index is 13.2. The number of hydrogen-bond donors (Lipinski definition) is 0. The lowest BCUT2D eigenvalue weighted by Gasteiger charge is -2.39. The molecule has 0 unspecified atom stereocenters. The first kappa shape index (κ1) is 24.6. The molecule has 2 aromatic carbocycles. The number of anilines is 1. The highest BCUT2D eigenvalue weighted by Crippen LogP contribution is 2.29. The zero-order chi connectivity index (χ0) is 23.6. The number of halogens is 3. The Labute approximate surface area is 210 Å². The first-order valence-electron chi connectivity index (χ1n) is 10.9. The summed E-state index contributed by atoms with van der Waals surface area (Å²) < 4.78 is 27.6. The third-order valence-electron chi connectivity index (χ3n) is 6.28. The highest BCUT2D eigenvalue weighted by molar-refractivity contribution is 7.88. The SMILES string of the molecule is O=C([C@@H]1CCCN(S(=O)(=O)Cc2c(Cl)cccc2Cl)C1)N1CCN(c2cccc(Cl)c2)CC1. The fourth-order valence-electron chi connectivity index (χ4n) is 4.46. The number of sulfonamides is 1. The van der Waals surface area contributed by atoms with E-state index in [4.69, 9.17) is 34.8 Å². The van der Waals surface area contributed by atoms with Crippen molar-refractivity contribution in [2.45, 2.75) is 18.6 Å². The van der Waals surface area contributed by atoms with Gasteiger partial charge < -0.3 is 9.80 Å². The van der Waals surface area contributed by atoms with Gasteiger partial charge in [-0.2, -0.15) is 0 Å². The third kappa shape index (κ3) is 5.77. The molecule has 33 heavy (non-hydrogen) atoms. The van der Waals surface area contributed by atoms with Crippen LogP contribution in [0.25, 0.3) is 0 Å². The fourth-order valence-corrected chi connectivity index (χ4v) is 7.00. The molecule has 2 fully saturated rings. The molecular weight excluding hydrogens is 505 g/mol. The highest BCUT2D eigenvalue weighted by Gasteiger charge is 2.35. The summed E-state index contributed by atoms with van der Waals surface area (Å²) in [7, 11) is -3.65. The third-order valence-corrected chi connectivity index (χ3v) is 9.00. The molecule has 2 aromatic rings. The molecule has 0 radical (unpaired) electrons. The summed E-state index contributed by atoms with van der Waals surface area (Å²) in [5.41, 5.74) is 1.44. The molecule has 178 valence electrons. The molecule has 0 aliphatic carbocycles. The largest absolute Gasteiger partial charge is 0.368 e. The Morgan fingerprint density at radius 3 is 2.27 bits per heavy atom. The predicted octanol–water partition coefficient (Wildman–Crippen LogP) is 4.54. The Bertz CT molecular complexity index is 1100. The van der Waals surface area contributed by atoms with Crippen molar-refractivity contribution in [3.8, 4) is 0 Å². The van der Waals surface area contributed by atoms with Crippen molar-refractivity contribution >= 4 is 56.4 Å². The van der Waals surface area contributed by atoms with Gasteiger partial charge in [0.1, 0.15) is 0 Å². The van der Waals surface area contributed by atoms with E-state index in [2.05, 4.69) is 4.90 Å². The zero-order valence-corrected chi connectivity index (χ0v) is 21.2. The first-order valence-corrected chi connectivity index (χ1v) is 13.7.